The number of rotatable bonds is 7. The first kappa shape index (κ1) is 22.6. The number of primary amides is 1. The third-order valence-corrected chi connectivity index (χ3v) is 7.12. The van der Waals surface area contributed by atoms with Crippen molar-refractivity contribution in [3.63, 3.8) is 0 Å². The Morgan fingerprint density at radius 1 is 1.33 bits per heavy atom. The minimum atomic E-state index is -3.50. The number of nitrogens with zero attached hydrogens (tertiary/aromatic N) is 2. The third kappa shape index (κ3) is 4.46. The molecule has 1 saturated heterocycles. The highest BCUT2D eigenvalue weighted by molar-refractivity contribution is 7.10. The summed E-state index contributed by atoms with van der Waals surface area (Å²) in [5, 5.41) is 1.31. The molecule has 164 valence electrons. The number of alkyl halides is 2. The molecule has 0 spiro atoms. The first-order chi connectivity index (χ1) is 13.9. The Kier molecular flexibility index (Phi) is 6.15. The smallest absolute Gasteiger partial charge is 0.333 e. The summed E-state index contributed by atoms with van der Waals surface area (Å²) in [7, 11) is 0. The van der Waals surface area contributed by atoms with Crippen LogP contribution in [0.4, 0.5) is 18.0 Å². The van der Waals surface area contributed by atoms with E-state index >= 15 is 8.78 Å². The average Bonchev–Trinajstić information content (AvgIpc) is 3.27. The van der Waals surface area contributed by atoms with Crippen molar-refractivity contribution in [2.45, 2.75) is 51.6 Å². The summed E-state index contributed by atoms with van der Waals surface area (Å²) in [6.07, 6.45) is 2.34. The van der Waals surface area contributed by atoms with Gasteiger partial charge in [0.05, 0.1) is 5.41 Å². The highest BCUT2D eigenvalue weighted by atomic mass is 32.1. The number of amides is 2. The van der Waals surface area contributed by atoms with E-state index in [2.05, 4.69) is 4.98 Å². The van der Waals surface area contributed by atoms with Crippen LogP contribution in [-0.2, 0) is 12.0 Å². The van der Waals surface area contributed by atoms with Gasteiger partial charge < -0.3 is 5.73 Å². The van der Waals surface area contributed by atoms with E-state index in [0.717, 1.165) is 22.6 Å². The summed E-state index contributed by atoms with van der Waals surface area (Å²) >= 11 is 0.953. The van der Waals surface area contributed by atoms with Crippen LogP contribution >= 0.6 is 11.3 Å². The second-order valence-corrected chi connectivity index (χ2v) is 9.59. The van der Waals surface area contributed by atoms with Gasteiger partial charge in [-0.2, -0.15) is 13.2 Å². The fourth-order valence-corrected chi connectivity index (χ4v) is 4.84. The molecule has 1 aliphatic rings. The zero-order valence-corrected chi connectivity index (χ0v) is 18.2. The Morgan fingerprint density at radius 3 is 2.63 bits per heavy atom. The first-order valence-electron chi connectivity index (χ1n) is 9.83. The van der Waals surface area contributed by atoms with Gasteiger partial charge in [-0.3, -0.25) is 15.2 Å². The topological polar surface area (TPSA) is 71.2 Å². The zero-order valence-electron chi connectivity index (χ0n) is 17.3. The fraction of sp³-hybridized carbons (Fsp3) is 0.524. The molecule has 3 rings (SSSR count). The van der Waals surface area contributed by atoms with Crippen molar-refractivity contribution in [1.82, 2.24) is 15.2 Å². The van der Waals surface area contributed by atoms with Crippen LogP contribution in [0.1, 0.15) is 42.8 Å². The van der Waals surface area contributed by atoms with Gasteiger partial charge in [-0.25, -0.2) is 4.79 Å². The van der Waals surface area contributed by atoms with Crippen LogP contribution in [0.5, 0.6) is 0 Å². The van der Waals surface area contributed by atoms with Crippen molar-refractivity contribution in [2.75, 3.05) is 13.1 Å². The predicted molar refractivity (Wildman–Crippen MR) is 111 cm³/mol. The molecule has 1 atom stereocenters. The Balaban J connectivity index is 1.87. The standard InChI is InChI=1S/C21H27F3N4OS/c1-14-4-5-15(12-26-14)19(2,3)28-11-10-20(13-28,21(23,24)27-18(25)29)9-8-16-6-7-17(22)30-16/h4-7,12H,8-11,13H2,1-3H3,(H3,25,27,29)/t20-/m1/s1. The number of hydrogen-bond acceptors (Lipinski definition) is 4. The van der Waals surface area contributed by atoms with Crippen LogP contribution in [0.25, 0.3) is 0 Å². The third-order valence-electron chi connectivity index (χ3n) is 6.19. The molecule has 0 aromatic carbocycles. The van der Waals surface area contributed by atoms with E-state index < -0.39 is 23.0 Å². The number of carbonyl (C=O) groups is 1. The van der Waals surface area contributed by atoms with Crippen LogP contribution < -0.4 is 11.1 Å². The Hall–Kier alpha value is -2.13. The van der Waals surface area contributed by atoms with Crippen molar-refractivity contribution in [3.8, 4) is 0 Å². The first-order valence-corrected chi connectivity index (χ1v) is 10.6. The lowest BCUT2D eigenvalue weighted by molar-refractivity contribution is -0.139. The van der Waals surface area contributed by atoms with Crippen LogP contribution in [0.2, 0.25) is 0 Å². The van der Waals surface area contributed by atoms with Crippen molar-refractivity contribution in [3.05, 3.63) is 51.7 Å². The Labute approximate surface area is 178 Å². The van der Waals surface area contributed by atoms with Crippen molar-refractivity contribution >= 4 is 17.4 Å². The molecule has 0 bridgehead atoms. The molecule has 0 unspecified atom stereocenters. The minimum Gasteiger partial charge on any atom is -0.352 e. The molecule has 30 heavy (non-hydrogen) atoms. The molecule has 2 aromatic rings. The van der Waals surface area contributed by atoms with Crippen molar-refractivity contribution in [1.29, 1.82) is 0 Å². The monoisotopic (exact) mass is 440 g/mol. The van der Waals surface area contributed by atoms with Gasteiger partial charge >= 0.3 is 12.1 Å². The van der Waals surface area contributed by atoms with Gasteiger partial charge in [-0.1, -0.05) is 6.07 Å². The summed E-state index contributed by atoms with van der Waals surface area (Å²) in [4.78, 5) is 18.3. The number of halogens is 3. The molecule has 3 N–H and O–H groups in total. The number of pyridine rings is 1. The molecular formula is C21H27F3N4OS. The molecule has 1 fully saturated rings. The van der Waals surface area contributed by atoms with E-state index in [1.165, 1.54) is 6.07 Å². The zero-order chi connectivity index (χ0) is 22.2. The maximum Gasteiger partial charge on any atom is 0.333 e. The molecule has 5 nitrogen and oxygen atoms in total. The molecule has 1 aliphatic heterocycles. The van der Waals surface area contributed by atoms with E-state index in [4.69, 9.17) is 5.73 Å². The Bertz CT molecular complexity index is 900. The molecule has 0 radical (unpaired) electrons. The molecule has 3 heterocycles. The molecule has 0 aliphatic carbocycles. The highest BCUT2D eigenvalue weighted by Crippen LogP contribution is 2.49. The van der Waals surface area contributed by atoms with Crippen LogP contribution in [-0.4, -0.2) is 35.1 Å². The Morgan fingerprint density at radius 2 is 2.07 bits per heavy atom. The number of urea groups is 1. The second kappa shape index (κ2) is 8.19. The number of carbonyl (C=O) groups excluding carboxylic acids is 1. The maximum atomic E-state index is 15.2. The normalized spacial score (nSPS) is 20.5. The fourth-order valence-electron chi connectivity index (χ4n) is 4.12. The number of hydrogen-bond donors (Lipinski definition) is 2. The van der Waals surface area contributed by atoms with E-state index in [-0.39, 0.29) is 24.5 Å². The highest BCUT2D eigenvalue weighted by Gasteiger charge is 2.58. The molecule has 0 saturated carbocycles. The summed E-state index contributed by atoms with van der Waals surface area (Å²) in [5.41, 5.74) is 4.80. The predicted octanol–water partition coefficient (Wildman–Crippen LogP) is 4.41. The van der Waals surface area contributed by atoms with E-state index in [1.54, 1.807) is 17.6 Å². The summed E-state index contributed by atoms with van der Waals surface area (Å²) in [5.74, 6) is 0. The largest absolute Gasteiger partial charge is 0.352 e. The number of likely N-dealkylation sites (tertiary alicyclic amines) is 1. The van der Waals surface area contributed by atoms with Crippen molar-refractivity contribution in [2.24, 2.45) is 11.1 Å². The molecule has 2 aromatic heterocycles. The second-order valence-electron chi connectivity index (χ2n) is 8.47. The van der Waals surface area contributed by atoms with Gasteiger partial charge in [-0.15, -0.1) is 11.3 Å². The van der Waals surface area contributed by atoms with Gasteiger partial charge in [0.2, 0.25) is 0 Å². The molecule has 9 heteroatoms. The van der Waals surface area contributed by atoms with Crippen LogP contribution in [0, 0.1) is 17.5 Å². The lowest BCUT2D eigenvalue weighted by atomic mass is 9.79. The SMILES string of the molecule is Cc1ccc(C(C)(C)N2CC[C@@](CCc3ccc(F)s3)(C(F)(F)NC(N)=O)C2)cn1. The number of aryl methyl sites for hydroxylation is 2. The molecular weight excluding hydrogens is 413 g/mol. The van der Waals surface area contributed by atoms with Gasteiger partial charge in [0.25, 0.3) is 0 Å². The quantitative estimate of drug-likeness (QED) is 0.627. The number of nitrogens with one attached hydrogen (secondary N) is 1. The molecule has 2 amide bonds. The maximum absolute atomic E-state index is 15.2. The van der Waals surface area contributed by atoms with Gasteiger partial charge in [-0.05, 0) is 70.3 Å². The van der Waals surface area contributed by atoms with E-state index in [9.17, 15) is 9.18 Å². The number of thiophene rings is 1. The summed E-state index contributed by atoms with van der Waals surface area (Å²) in [6, 6.07) is 2.04. The average molecular weight is 441 g/mol. The van der Waals surface area contributed by atoms with E-state index in [0.29, 0.717) is 17.8 Å². The lowest BCUT2D eigenvalue weighted by Crippen LogP contribution is -2.57. The van der Waals surface area contributed by atoms with Gasteiger partial charge in [0.15, 0.2) is 5.13 Å². The summed E-state index contributed by atoms with van der Waals surface area (Å²) < 4.78 is 43.8. The number of nitrogens with two attached hydrogens (primary N) is 1. The van der Waals surface area contributed by atoms with Gasteiger partial charge in [0, 0.05) is 28.9 Å². The van der Waals surface area contributed by atoms with Gasteiger partial charge in [0.1, 0.15) is 0 Å². The lowest BCUT2D eigenvalue weighted by Gasteiger charge is -2.40. The van der Waals surface area contributed by atoms with E-state index in [1.807, 2.05) is 37.8 Å². The summed E-state index contributed by atoms with van der Waals surface area (Å²) in [6.45, 7) is 6.33. The number of aromatic nitrogens is 1. The van der Waals surface area contributed by atoms with Crippen LogP contribution in [0.15, 0.2) is 30.5 Å². The van der Waals surface area contributed by atoms with Crippen LogP contribution in [0.3, 0.4) is 0 Å². The van der Waals surface area contributed by atoms with Crippen molar-refractivity contribution < 1.29 is 18.0 Å². The minimum absolute atomic E-state index is 0.0645.